The molecule has 2 rings (SSSR count). The Balaban J connectivity index is 2.03. The highest BCUT2D eigenvalue weighted by Crippen LogP contribution is 2.20. The molecule has 0 aliphatic rings. The van der Waals surface area contributed by atoms with Gasteiger partial charge in [-0.15, -0.1) is 0 Å². The number of pyridine rings is 1. The number of aromatic nitrogens is 1. The van der Waals surface area contributed by atoms with Gasteiger partial charge in [-0.3, -0.25) is 4.98 Å². The number of rotatable bonds is 6. The number of esters is 1. The molecule has 1 aromatic heterocycles. The van der Waals surface area contributed by atoms with E-state index in [4.69, 9.17) is 10.5 Å². The van der Waals surface area contributed by atoms with E-state index < -0.39 is 0 Å². The topological polar surface area (TPSA) is 77.2 Å². The van der Waals surface area contributed by atoms with E-state index in [2.05, 4.69) is 10.3 Å². The minimum atomic E-state index is -0.370. The minimum Gasteiger partial charge on any atom is -0.462 e. The molecule has 1 aromatic carbocycles. The Labute approximate surface area is 124 Å². The van der Waals surface area contributed by atoms with E-state index in [9.17, 15) is 4.79 Å². The zero-order valence-corrected chi connectivity index (χ0v) is 12.0. The van der Waals surface area contributed by atoms with Crippen LogP contribution in [-0.4, -0.2) is 24.1 Å². The minimum absolute atomic E-state index is 0.334. The number of anilines is 2. The summed E-state index contributed by atoms with van der Waals surface area (Å²) in [4.78, 5) is 16.2. The fourth-order valence-corrected chi connectivity index (χ4v) is 1.96. The van der Waals surface area contributed by atoms with Crippen LogP contribution in [0.3, 0.4) is 0 Å². The van der Waals surface area contributed by atoms with Crippen molar-refractivity contribution in [2.75, 3.05) is 24.2 Å². The molecule has 0 aliphatic heterocycles. The Morgan fingerprint density at radius 2 is 2.19 bits per heavy atom. The van der Waals surface area contributed by atoms with E-state index in [0.29, 0.717) is 24.4 Å². The summed E-state index contributed by atoms with van der Waals surface area (Å²) < 4.78 is 5.04. The molecule has 21 heavy (non-hydrogen) atoms. The summed E-state index contributed by atoms with van der Waals surface area (Å²) in [7, 11) is 0. The SMILES string of the molecule is CCOC(=O)c1cc(N)ccc1NCCc1ccccn1. The number of hydrogen-bond acceptors (Lipinski definition) is 5. The predicted octanol–water partition coefficient (Wildman–Crippen LogP) is 2.50. The van der Waals surface area contributed by atoms with Crippen LogP contribution in [0.5, 0.6) is 0 Å². The fraction of sp³-hybridized carbons (Fsp3) is 0.250. The second-order valence-corrected chi connectivity index (χ2v) is 4.52. The van der Waals surface area contributed by atoms with Crippen LogP contribution in [0.25, 0.3) is 0 Å². The molecule has 0 fully saturated rings. The molecule has 0 saturated heterocycles. The van der Waals surface area contributed by atoms with Crippen LogP contribution >= 0.6 is 0 Å². The van der Waals surface area contributed by atoms with Gasteiger partial charge in [-0.1, -0.05) is 6.07 Å². The summed E-state index contributed by atoms with van der Waals surface area (Å²) in [6, 6.07) is 11.0. The van der Waals surface area contributed by atoms with Crippen LogP contribution in [0.15, 0.2) is 42.6 Å². The van der Waals surface area contributed by atoms with Gasteiger partial charge in [-0.2, -0.15) is 0 Å². The van der Waals surface area contributed by atoms with Crippen molar-refractivity contribution < 1.29 is 9.53 Å². The summed E-state index contributed by atoms with van der Waals surface area (Å²) in [5.74, 6) is -0.370. The van der Waals surface area contributed by atoms with Crippen LogP contribution in [0.4, 0.5) is 11.4 Å². The monoisotopic (exact) mass is 285 g/mol. The van der Waals surface area contributed by atoms with Crippen molar-refractivity contribution in [3.8, 4) is 0 Å². The molecule has 3 N–H and O–H groups in total. The van der Waals surface area contributed by atoms with Gasteiger partial charge in [-0.05, 0) is 37.3 Å². The van der Waals surface area contributed by atoms with Gasteiger partial charge in [-0.25, -0.2) is 4.79 Å². The molecule has 5 heteroatoms. The van der Waals surface area contributed by atoms with E-state index >= 15 is 0 Å². The molecule has 0 aliphatic carbocycles. The van der Waals surface area contributed by atoms with Gasteiger partial charge in [0.15, 0.2) is 0 Å². The third-order valence-electron chi connectivity index (χ3n) is 2.96. The van der Waals surface area contributed by atoms with Crippen molar-refractivity contribution in [2.45, 2.75) is 13.3 Å². The Bertz CT molecular complexity index is 600. The molecule has 0 atom stereocenters. The molecular formula is C16H19N3O2. The molecule has 110 valence electrons. The van der Waals surface area contributed by atoms with E-state index in [1.165, 1.54) is 0 Å². The first kappa shape index (κ1) is 14.8. The zero-order chi connectivity index (χ0) is 15.1. The third kappa shape index (κ3) is 4.21. The highest BCUT2D eigenvalue weighted by Gasteiger charge is 2.12. The Morgan fingerprint density at radius 3 is 2.90 bits per heavy atom. The van der Waals surface area contributed by atoms with Gasteiger partial charge in [0.05, 0.1) is 12.2 Å². The largest absolute Gasteiger partial charge is 0.462 e. The van der Waals surface area contributed by atoms with E-state index in [0.717, 1.165) is 17.8 Å². The number of benzene rings is 1. The molecule has 0 unspecified atom stereocenters. The maximum Gasteiger partial charge on any atom is 0.340 e. The summed E-state index contributed by atoms with van der Waals surface area (Å²) in [5.41, 5.74) is 8.45. The van der Waals surface area contributed by atoms with Gasteiger partial charge < -0.3 is 15.8 Å². The molecular weight excluding hydrogens is 266 g/mol. The average Bonchev–Trinajstić information content (AvgIpc) is 2.50. The van der Waals surface area contributed by atoms with Crippen molar-refractivity contribution in [3.05, 3.63) is 53.9 Å². The summed E-state index contributed by atoms with van der Waals surface area (Å²) in [6.45, 7) is 2.78. The number of carbonyl (C=O) groups is 1. The lowest BCUT2D eigenvalue weighted by molar-refractivity contribution is 0.0527. The lowest BCUT2D eigenvalue weighted by Crippen LogP contribution is -2.12. The van der Waals surface area contributed by atoms with Crippen LogP contribution < -0.4 is 11.1 Å². The first-order valence-electron chi connectivity index (χ1n) is 6.91. The van der Waals surface area contributed by atoms with Crippen molar-refractivity contribution in [1.82, 2.24) is 4.98 Å². The maximum atomic E-state index is 11.9. The van der Waals surface area contributed by atoms with Crippen LogP contribution in [0.2, 0.25) is 0 Å². The van der Waals surface area contributed by atoms with Gasteiger partial charge in [0.25, 0.3) is 0 Å². The number of hydrogen-bond donors (Lipinski definition) is 2. The fourth-order valence-electron chi connectivity index (χ4n) is 1.96. The van der Waals surface area contributed by atoms with Gasteiger partial charge in [0, 0.05) is 36.2 Å². The highest BCUT2D eigenvalue weighted by atomic mass is 16.5. The Hall–Kier alpha value is -2.56. The molecule has 0 radical (unpaired) electrons. The highest BCUT2D eigenvalue weighted by molar-refractivity contribution is 5.96. The first-order valence-corrected chi connectivity index (χ1v) is 6.91. The van der Waals surface area contributed by atoms with E-state index in [-0.39, 0.29) is 5.97 Å². The second kappa shape index (κ2) is 7.28. The number of ether oxygens (including phenoxy) is 1. The maximum absolute atomic E-state index is 11.9. The zero-order valence-electron chi connectivity index (χ0n) is 12.0. The summed E-state index contributed by atoms with van der Waals surface area (Å²) >= 11 is 0. The number of nitrogen functional groups attached to an aromatic ring is 1. The quantitative estimate of drug-likeness (QED) is 0.630. The van der Waals surface area contributed by atoms with Crippen molar-refractivity contribution in [2.24, 2.45) is 0 Å². The first-order chi connectivity index (χ1) is 10.2. The second-order valence-electron chi connectivity index (χ2n) is 4.52. The van der Waals surface area contributed by atoms with E-state index in [1.807, 2.05) is 18.2 Å². The molecule has 0 amide bonds. The van der Waals surface area contributed by atoms with Crippen molar-refractivity contribution in [1.29, 1.82) is 0 Å². The Kier molecular flexibility index (Phi) is 5.15. The van der Waals surface area contributed by atoms with Crippen LogP contribution in [-0.2, 0) is 11.2 Å². The standard InChI is InChI=1S/C16H19N3O2/c1-2-21-16(20)14-11-12(17)6-7-15(14)19-10-8-13-5-3-4-9-18-13/h3-7,9,11,19H,2,8,10,17H2,1H3. The van der Waals surface area contributed by atoms with Gasteiger partial charge in [0.1, 0.15) is 0 Å². The Morgan fingerprint density at radius 1 is 1.33 bits per heavy atom. The predicted molar refractivity (Wildman–Crippen MR) is 83.2 cm³/mol. The summed E-state index contributed by atoms with van der Waals surface area (Å²) in [5, 5.41) is 3.23. The van der Waals surface area contributed by atoms with Crippen molar-refractivity contribution in [3.63, 3.8) is 0 Å². The normalized spacial score (nSPS) is 10.1. The lowest BCUT2D eigenvalue weighted by Gasteiger charge is -2.12. The number of nitrogens with one attached hydrogen (secondary N) is 1. The molecule has 0 bridgehead atoms. The number of nitrogens with two attached hydrogens (primary N) is 1. The van der Waals surface area contributed by atoms with Gasteiger partial charge in [0.2, 0.25) is 0 Å². The average molecular weight is 285 g/mol. The molecule has 5 nitrogen and oxygen atoms in total. The van der Waals surface area contributed by atoms with Gasteiger partial charge >= 0.3 is 5.97 Å². The molecule has 0 saturated carbocycles. The smallest absolute Gasteiger partial charge is 0.340 e. The lowest BCUT2D eigenvalue weighted by atomic mass is 10.1. The van der Waals surface area contributed by atoms with E-state index in [1.54, 1.807) is 31.3 Å². The molecule has 2 aromatic rings. The van der Waals surface area contributed by atoms with Crippen molar-refractivity contribution >= 4 is 17.3 Å². The summed E-state index contributed by atoms with van der Waals surface area (Å²) in [6.07, 6.45) is 2.54. The molecule has 0 spiro atoms. The number of nitrogens with zero attached hydrogens (tertiary/aromatic N) is 1. The number of carbonyl (C=O) groups excluding carboxylic acids is 1. The van der Waals surface area contributed by atoms with Crippen LogP contribution in [0.1, 0.15) is 23.0 Å². The van der Waals surface area contributed by atoms with Crippen LogP contribution in [0, 0.1) is 0 Å². The third-order valence-corrected chi connectivity index (χ3v) is 2.96. The molecule has 1 heterocycles.